The second-order valence-electron chi connectivity index (χ2n) is 5.74. The van der Waals surface area contributed by atoms with Crippen LogP contribution in [0.4, 0.5) is 0 Å². The highest BCUT2D eigenvalue weighted by Crippen LogP contribution is 2.25. The average Bonchev–Trinajstić information content (AvgIpc) is 2.46. The maximum atomic E-state index is 10.5. The number of ether oxygens (including phenoxy) is 1. The van der Waals surface area contributed by atoms with Crippen molar-refractivity contribution >= 4 is 0 Å². The van der Waals surface area contributed by atoms with Crippen LogP contribution in [-0.4, -0.2) is 11.7 Å². The van der Waals surface area contributed by atoms with Gasteiger partial charge in [0.05, 0.1) is 0 Å². The van der Waals surface area contributed by atoms with Crippen molar-refractivity contribution in [1.29, 1.82) is 0 Å². The van der Waals surface area contributed by atoms with Gasteiger partial charge in [0.25, 0.3) is 0 Å². The van der Waals surface area contributed by atoms with Gasteiger partial charge in [-0.1, -0.05) is 42.5 Å². The number of benzene rings is 2. The van der Waals surface area contributed by atoms with E-state index in [0.29, 0.717) is 0 Å². The lowest BCUT2D eigenvalue weighted by Gasteiger charge is -2.24. The van der Waals surface area contributed by atoms with Crippen LogP contribution in [0.1, 0.15) is 36.6 Å². The van der Waals surface area contributed by atoms with Crippen LogP contribution in [0.5, 0.6) is 5.75 Å². The summed E-state index contributed by atoms with van der Waals surface area (Å²) in [6, 6.07) is 15.4. The summed E-state index contributed by atoms with van der Waals surface area (Å²) in [5, 5.41) is 10.5. The zero-order valence-corrected chi connectivity index (χ0v) is 12.8. The van der Waals surface area contributed by atoms with E-state index in [1.165, 1.54) is 0 Å². The van der Waals surface area contributed by atoms with E-state index in [4.69, 9.17) is 10.5 Å². The lowest BCUT2D eigenvalue weighted by molar-refractivity contribution is 0.00739. The van der Waals surface area contributed by atoms with E-state index in [0.717, 1.165) is 22.4 Å². The van der Waals surface area contributed by atoms with Gasteiger partial charge in [-0.15, -0.1) is 0 Å². The molecule has 0 aliphatic rings. The van der Waals surface area contributed by atoms with E-state index in [1.54, 1.807) is 6.92 Å². The highest BCUT2D eigenvalue weighted by Gasteiger charge is 2.24. The van der Waals surface area contributed by atoms with Crippen LogP contribution >= 0.6 is 0 Å². The van der Waals surface area contributed by atoms with Gasteiger partial charge in [0.15, 0.2) is 0 Å². The second-order valence-corrected chi connectivity index (χ2v) is 5.74. The van der Waals surface area contributed by atoms with Crippen molar-refractivity contribution in [3.05, 3.63) is 65.2 Å². The maximum Gasteiger partial charge on any atom is 0.122 e. The molecule has 3 nitrogen and oxygen atoms in total. The van der Waals surface area contributed by atoms with Crippen molar-refractivity contribution in [2.75, 3.05) is 6.61 Å². The fourth-order valence-corrected chi connectivity index (χ4v) is 2.22. The van der Waals surface area contributed by atoms with E-state index >= 15 is 0 Å². The normalized spacial score (nSPS) is 15.3. The maximum absolute atomic E-state index is 10.5. The minimum absolute atomic E-state index is 0.00479. The first kappa shape index (κ1) is 15.5. The first-order valence-electron chi connectivity index (χ1n) is 7.17. The van der Waals surface area contributed by atoms with E-state index in [-0.39, 0.29) is 12.6 Å². The quantitative estimate of drug-likeness (QED) is 0.886. The fraction of sp³-hybridized carbons (Fsp3) is 0.333. The summed E-state index contributed by atoms with van der Waals surface area (Å²) in [7, 11) is 0. The molecule has 3 N–H and O–H groups in total. The Hall–Kier alpha value is -1.84. The molecule has 0 aliphatic heterocycles. The average molecular weight is 285 g/mol. The molecule has 0 amide bonds. The topological polar surface area (TPSA) is 55.5 Å². The minimum atomic E-state index is -1.02. The third kappa shape index (κ3) is 3.84. The summed E-state index contributed by atoms with van der Waals surface area (Å²) in [4.78, 5) is 0. The Labute approximate surface area is 126 Å². The van der Waals surface area contributed by atoms with Crippen molar-refractivity contribution in [2.24, 2.45) is 5.73 Å². The summed E-state index contributed by atoms with van der Waals surface area (Å²) in [5.74, 6) is 0.774. The molecule has 0 saturated carbocycles. The minimum Gasteiger partial charge on any atom is -0.490 e. The van der Waals surface area contributed by atoms with Gasteiger partial charge in [-0.05, 0) is 43.5 Å². The Morgan fingerprint density at radius 1 is 1.19 bits per heavy atom. The number of hydrogen-bond acceptors (Lipinski definition) is 3. The van der Waals surface area contributed by atoms with Crippen LogP contribution in [-0.2, 0) is 5.60 Å². The van der Waals surface area contributed by atoms with Crippen LogP contribution < -0.4 is 10.5 Å². The fourth-order valence-electron chi connectivity index (χ4n) is 2.22. The van der Waals surface area contributed by atoms with Crippen molar-refractivity contribution in [3.8, 4) is 5.75 Å². The molecule has 112 valence electrons. The standard InChI is InChI=1S/C18H23NO2/c1-13-11-15(14(2)19)9-10-17(13)21-12-18(3,20)16-7-5-4-6-8-16/h4-11,14,20H,12,19H2,1-3H3. The summed E-state index contributed by atoms with van der Waals surface area (Å²) in [5.41, 5.74) is 7.79. The summed E-state index contributed by atoms with van der Waals surface area (Å²) in [6.07, 6.45) is 0. The van der Waals surface area contributed by atoms with Crippen molar-refractivity contribution in [2.45, 2.75) is 32.4 Å². The number of nitrogens with two attached hydrogens (primary N) is 1. The Balaban J connectivity index is 2.09. The zero-order chi connectivity index (χ0) is 15.5. The van der Waals surface area contributed by atoms with Gasteiger partial charge in [-0.25, -0.2) is 0 Å². The molecular formula is C18H23NO2. The zero-order valence-electron chi connectivity index (χ0n) is 12.8. The highest BCUT2D eigenvalue weighted by molar-refractivity contribution is 5.37. The van der Waals surface area contributed by atoms with Gasteiger partial charge >= 0.3 is 0 Å². The van der Waals surface area contributed by atoms with E-state index < -0.39 is 5.60 Å². The number of aliphatic hydroxyl groups is 1. The van der Waals surface area contributed by atoms with Crippen molar-refractivity contribution < 1.29 is 9.84 Å². The molecule has 0 heterocycles. The predicted molar refractivity (Wildman–Crippen MR) is 85.3 cm³/mol. The summed E-state index contributed by atoms with van der Waals surface area (Å²) < 4.78 is 5.80. The third-order valence-corrected chi connectivity index (χ3v) is 3.63. The molecule has 0 aliphatic carbocycles. The lowest BCUT2D eigenvalue weighted by atomic mass is 9.97. The number of hydrogen-bond donors (Lipinski definition) is 2. The van der Waals surface area contributed by atoms with Crippen LogP contribution in [0.3, 0.4) is 0 Å². The van der Waals surface area contributed by atoms with Crippen LogP contribution in [0.2, 0.25) is 0 Å². The molecule has 2 aromatic carbocycles. The van der Waals surface area contributed by atoms with E-state index in [2.05, 4.69) is 0 Å². The van der Waals surface area contributed by atoms with Gasteiger partial charge in [0.2, 0.25) is 0 Å². The monoisotopic (exact) mass is 285 g/mol. The van der Waals surface area contributed by atoms with Gasteiger partial charge < -0.3 is 15.6 Å². The molecule has 0 bridgehead atoms. The molecule has 2 unspecified atom stereocenters. The van der Waals surface area contributed by atoms with Crippen LogP contribution in [0.15, 0.2) is 48.5 Å². The largest absolute Gasteiger partial charge is 0.490 e. The highest BCUT2D eigenvalue weighted by atomic mass is 16.5. The number of rotatable bonds is 5. The van der Waals surface area contributed by atoms with E-state index in [1.807, 2.05) is 62.4 Å². The predicted octanol–water partition coefficient (Wildman–Crippen LogP) is 3.30. The molecule has 3 heteroatoms. The summed E-state index contributed by atoms with van der Waals surface area (Å²) in [6.45, 7) is 5.90. The smallest absolute Gasteiger partial charge is 0.122 e. The Kier molecular flexibility index (Phi) is 4.66. The molecule has 0 saturated heterocycles. The second kappa shape index (κ2) is 6.29. The van der Waals surface area contributed by atoms with Crippen molar-refractivity contribution in [3.63, 3.8) is 0 Å². The molecular weight excluding hydrogens is 262 g/mol. The SMILES string of the molecule is Cc1cc(C(C)N)ccc1OCC(C)(O)c1ccccc1. The van der Waals surface area contributed by atoms with Crippen LogP contribution in [0.25, 0.3) is 0 Å². The molecule has 0 radical (unpaired) electrons. The summed E-state index contributed by atoms with van der Waals surface area (Å²) >= 11 is 0. The molecule has 0 spiro atoms. The van der Waals surface area contributed by atoms with Gasteiger partial charge in [-0.2, -0.15) is 0 Å². The first-order valence-corrected chi connectivity index (χ1v) is 7.17. The molecule has 2 aromatic rings. The molecule has 0 aromatic heterocycles. The third-order valence-electron chi connectivity index (χ3n) is 3.63. The van der Waals surface area contributed by atoms with Gasteiger partial charge in [-0.3, -0.25) is 0 Å². The van der Waals surface area contributed by atoms with Gasteiger partial charge in [0, 0.05) is 6.04 Å². The first-order chi connectivity index (χ1) is 9.90. The Bertz CT molecular complexity index is 591. The van der Waals surface area contributed by atoms with Crippen LogP contribution in [0, 0.1) is 6.92 Å². The lowest BCUT2D eigenvalue weighted by Crippen LogP contribution is -2.29. The molecule has 0 fully saturated rings. The molecule has 21 heavy (non-hydrogen) atoms. The van der Waals surface area contributed by atoms with Crippen molar-refractivity contribution in [1.82, 2.24) is 0 Å². The Morgan fingerprint density at radius 2 is 1.86 bits per heavy atom. The molecule has 2 rings (SSSR count). The van der Waals surface area contributed by atoms with E-state index in [9.17, 15) is 5.11 Å². The Morgan fingerprint density at radius 3 is 2.43 bits per heavy atom. The van der Waals surface area contributed by atoms with Gasteiger partial charge in [0.1, 0.15) is 18.0 Å². The number of aryl methyl sites for hydroxylation is 1. The molecule has 2 atom stereocenters.